The van der Waals surface area contributed by atoms with Gasteiger partial charge in [0.05, 0.1) is 12.7 Å². The van der Waals surface area contributed by atoms with Gasteiger partial charge in [-0.05, 0) is 17.7 Å². The van der Waals surface area contributed by atoms with E-state index in [0.29, 0.717) is 0 Å². The zero-order valence-electron chi connectivity index (χ0n) is 7.88. The van der Waals surface area contributed by atoms with E-state index in [2.05, 4.69) is 10.3 Å². The number of hydrogen-bond donors (Lipinski definition) is 2. The van der Waals surface area contributed by atoms with Gasteiger partial charge >= 0.3 is 5.97 Å². The number of aromatic carboxylic acids is 1. The molecule has 0 bridgehead atoms. The van der Waals surface area contributed by atoms with Gasteiger partial charge in [0.15, 0.2) is 11.6 Å². The Balaban J connectivity index is 3.06. The molecular formula is C9H9F2NO3. The second-order valence-corrected chi connectivity index (χ2v) is 2.77. The van der Waals surface area contributed by atoms with Crippen LogP contribution in [0.2, 0.25) is 0 Å². The minimum Gasteiger partial charge on any atom is -0.478 e. The maximum atomic E-state index is 12.9. The highest BCUT2D eigenvalue weighted by atomic mass is 19.2. The molecule has 6 heteroatoms. The first-order valence-corrected chi connectivity index (χ1v) is 4.03. The lowest BCUT2D eigenvalue weighted by Crippen LogP contribution is -2.13. The number of benzene rings is 1. The van der Waals surface area contributed by atoms with Crippen LogP contribution >= 0.6 is 0 Å². The minimum absolute atomic E-state index is 0.0912. The molecule has 0 saturated heterocycles. The quantitative estimate of drug-likeness (QED) is 0.746. The predicted octanol–water partition coefficient (Wildman–Crippen LogP) is 1.31. The number of carbonyl (C=O) groups is 1. The first kappa shape index (κ1) is 11.5. The standard InChI is InChI=1S/C9H9F2NO3/c1-15-12-4-5-2-6(9(13)14)8(11)7(10)3-5/h2-3,12H,4H2,1H3,(H,13,14). The molecule has 4 nitrogen and oxygen atoms in total. The molecule has 0 saturated carbocycles. The van der Waals surface area contributed by atoms with Gasteiger partial charge in [-0.15, -0.1) is 0 Å². The van der Waals surface area contributed by atoms with E-state index in [9.17, 15) is 13.6 Å². The highest BCUT2D eigenvalue weighted by molar-refractivity contribution is 5.88. The first-order valence-electron chi connectivity index (χ1n) is 4.03. The average Bonchev–Trinajstić information content (AvgIpc) is 2.19. The normalized spacial score (nSPS) is 10.3. The van der Waals surface area contributed by atoms with Crippen LogP contribution in [0.3, 0.4) is 0 Å². The molecule has 0 aliphatic carbocycles. The van der Waals surface area contributed by atoms with E-state index in [1.54, 1.807) is 0 Å². The molecular weight excluding hydrogens is 208 g/mol. The SMILES string of the molecule is CONCc1cc(F)c(F)c(C(=O)O)c1. The Morgan fingerprint density at radius 1 is 1.53 bits per heavy atom. The summed E-state index contributed by atoms with van der Waals surface area (Å²) in [6.07, 6.45) is 0. The molecule has 2 N–H and O–H groups in total. The Morgan fingerprint density at radius 2 is 2.20 bits per heavy atom. The number of rotatable bonds is 4. The second-order valence-electron chi connectivity index (χ2n) is 2.77. The summed E-state index contributed by atoms with van der Waals surface area (Å²) in [5.41, 5.74) is 1.99. The van der Waals surface area contributed by atoms with Crippen LogP contribution < -0.4 is 5.48 Å². The lowest BCUT2D eigenvalue weighted by molar-refractivity contribution is 0.0689. The third-order valence-electron chi connectivity index (χ3n) is 1.74. The molecule has 0 heterocycles. The minimum atomic E-state index is -1.51. The lowest BCUT2D eigenvalue weighted by atomic mass is 10.1. The van der Waals surface area contributed by atoms with Crippen molar-refractivity contribution < 1.29 is 23.5 Å². The fourth-order valence-corrected chi connectivity index (χ4v) is 1.06. The van der Waals surface area contributed by atoms with E-state index in [1.807, 2.05) is 0 Å². The summed E-state index contributed by atoms with van der Waals surface area (Å²) in [6.45, 7) is 0.0912. The zero-order valence-corrected chi connectivity index (χ0v) is 7.88. The van der Waals surface area contributed by atoms with Gasteiger partial charge in [0.1, 0.15) is 0 Å². The van der Waals surface area contributed by atoms with Crippen molar-refractivity contribution in [3.05, 3.63) is 34.9 Å². The van der Waals surface area contributed by atoms with Gasteiger partial charge in [0, 0.05) is 6.54 Å². The van der Waals surface area contributed by atoms with Crippen LogP contribution in [0.1, 0.15) is 15.9 Å². The molecule has 0 aliphatic rings. The number of carboxylic acid groups (broad SMARTS) is 1. The van der Waals surface area contributed by atoms with Crippen molar-refractivity contribution in [3.63, 3.8) is 0 Å². The molecule has 1 aromatic rings. The van der Waals surface area contributed by atoms with E-state index < -0.39 is 23.2 Å². The number of hydroxylamine groups is 1. The topological polar surface area (TPSA) is 58.6 Å². The molecule has 0 aliphatic heterocycles. The maximum Gasteiger partial charge on any atom is 0.338 e. The highest BCUT2D eigenvalue weighted by Gasteiger charge is 2.16. The Hall–Kier alpha value is -1.53. The molecule has 0 fully saturated rings. The van der Waals surface area contributed by atoms with E-state index >= 15 is 0 Å². The molecule has 0 radical (unpaired) electrons. The van der Waals surface area contributed by atoms with Gasteiger partial charge in [0.2, 0.25) is 0 Å². The van der Waals surface area contributed by atoms with Crippen LogP contribution in [0.4, 0.5) is 8.78 Å². The maximum absolute atomic E-state index is 12.9. The molecule has 0 spiro atoms. The van der Waals surface area contributed by atoms with Crippen LogP contribution in [0, 0.1) is 11.6 Å². The van der Waals surface area contributed by atoms with Crippen molar-refractivity contribution in [2.75, 3.05) is 7.11 Å². The van der Waals surface area contributed by atoms with Gasteiger partial charge in [-0.25, -0.2) is 13.6 Å². The fourth-order valence-electron chi connectivity index (χ4n) is 1.06. The van der Waals surface area contributed by atoms with E-state index in [-0.39, 0.29) is 12.1 Å². The van der Waals surface area contributed by atoms with E-state index in [4.69, 9.17) is 5.11 Å². The molecule has 1 rings (SSSR count). The Bertz CT molecular complexity index is 382. The van der Waals surface area contributed by atoms with Crippen molar-refractivity contribution >= 4 is 5.97 Å². The fraction of sp³-hybridized carbons (Fsp3) is 0.222. The van der Waals surface area contributed by atoms with Gasteiger partial charge in [-0.3, -0.25) is 0 Å². The third-order valence-corrected chi connectivity index (χ3v) is 1.74. The zero-order chi connectivity index (χ0) is 11.4. The molecule has 0 aromatic heterocycles. The van der Waals surface area contributed by atoms with Crippen molar-refractivity contribution in [3.8, 4) is 0 Å². The van der Waals surface area contributed by atoms with Crippen LogP contribution in [0.25, 0.3) is 0 Å². The summed E-state index contributed by atoms with van der Waals surface area (Å²) in [7, 11) is 1.36. The van der Waals surface area contributed by atoms with Gasteiger partial charge in [-0.2, -0.15) is 5.48 Å². The summed E-state index contributed by atoms with van der Waals surface area (Å²) < 4.78 is 25.9. The third kappa shape index (κ3) is 2.71. The van der Waals surface area contributed by atoms with Crippen molar-refractivity contribution in [2.24, 2.45) is 0 Å². The largest absolute Gasteiger partial charge is 0.478 e. The monoisotopic (exact) mass is 217 g/mol. The van der Waals surface area contributed by atoms with Gasteiger partial charge in [0.25, 0.3) is 0 Å². The summed E-state index contributed by atoms with van der Waals surface area (Å²) in [4.78, 5) is 15.0. The van der Waals surface area contributed by atoms with E-state index in [0.717, 1.165) is 12.1 Å². The Kier molecular flexibility index (Phi) is 3.70. The first-order chi connectivity index (χ1) is 7.06. The number of hydrogen-bond acceptors (Lipinski definition) is 3. The van der Waals surface area contributed by atoms with Crippen molar-refractivity contribution in [1.29, 1.82) is 0 Å². The average molecular weight is 217 g/mol. The molecule has 0 amide bonds. The van der Waals surface area contributed by atoms with Crippen molar-refractivity contribution in [1.82, 2.24) is 5.48 Å². The van der Waals surface area contributed by atoms with Gasteiger partial charge < -0.3 is 9.94 Å². The predicted molar refractivity (Wildman–Crippen MR) is 47.2 cm³/mol. The van der Waals surface area contributed by atoms with Crippen molar-refractivity contribution in [2.45, 2.75) is 6.54 Å². The van der Waals surface area contributed by atoms with Crippen LogP contribution in [0.15, 0.2) is 12.1 Å². The Morgan fingerprint density at radius 3 is 2.73 bits per heavy atom. The summed E-state index contributed by atoms with van der Waals surface area (Å²) in [6, 6.07) is 1.96. The highest BCUT2D eigenvalue weighted by Crippen LogP contribution is 2.15. The number of carboxylic acids is 1. The number of halogens is 2. The molecule has 0 unspecified atom stereocenters. The van der Waals surface area contributed by atoms with E-state index in [1.165, 1.54) is 7.11 Å². The smallest absolute Gasteiger partial charge is 0.338 e. The summed E-state index contributed by atoms with van der Waals surface area (Å²) in [5, 5.41) is 8.58. The molecule has 0 atom stereocenters. The van der Waals surface area contributed by atoms with Crippen LogP contribution in [0.5, 0.6) is 0 Å². The van der Waals surface area contributed by atoms with Crippen LogP contribution in [-0.2, 0) is 11.4 Å². The lowest BCUT2D eigenvalue weighted by Gasteiger charge is -2.05. The summed E-state index contributed by atoms with van der Waals surface area (Å²) in [5.74, 6) is -4.06. The number of nitrogens with one attached hydrogen (secondary N) is 1. The van der Waals surface area contributed by atoms with Crippen LogP contribution in [-0.4, -0.2) is 18.2 Å². The molecule has 1 aromatic carbocycles. The molecule has 15 heavy (non-hydrogen) atoms. The summed E-state index contributed by atoms with van der Waals surface area (Å²) >= 11 is 0. The van der Waals surface area contributed by atoms with Gasteiger partial charge in [-0.1, -0.05) is 0 Å². The Labute approximate surface area is 84.4 Å². The second kappa shape index (κ2) is 4.81. The molecule has 82 valence electrons.